The van der Waals surface area contributed by atoms with Crippen molar-refractivity contribution < 1.29 is 9.90 Å². The van der Waals surface area contributed by atoms with Gasteiger partial charge in [0, 0.05) is 13.6 Å². The van der Waals surface area contributed by atoms with Crippen LogP contribution in [0.4, 0.5) is 4.79 Å². The molecule has 0 unspecified atom stereocenters. The van der Waals surface area contributed by atoms with Crippen molar-refractivity contribution in [2.75, 3.05) is 26.7 Å². The average Bonchev–Trinajstić information content (AvgIpc) is 2.39. The van der Waals surface area contributed by atoms with E-state index in [0.29, 0.717) is 12.5 Å². The van der Waals surface area contributed by atoms with Gasteiger partial charge in [-0.1, -0.05) is 0 Å². The van der Waals surface area contributed by atoms with E-state index in [1.165, 1.54) is 4.90 Å². The van der Waals surface area contributed by atoms with Crippen LogP contribution in [0.5, 0.6) is 0 Å². The van der Waals surface area contributed by atoms with Crippen LogP contribution in [0, 0.1) is 5.92 Å². The summed E-state index contributed by atoms with van der Waals surface area (Å²) in [5.41, 5.74) is 0. The molecule has 0 bridgehead atoms. The summed E-state index contributed by atoms with van der Waals surface area (Å²) >= 11 is 0. The van der Waals surface area contributed by atoms with E-state index in [4.69, 9.17) is 5.11 Å². The second kappa shape index (κ2) is 3.57. The lowest BCUT2D eigenvalue weighted by Gasteiger charge is -2.16. The van der Waals surface area contributed by atoms with Crippen LogP contribution in [0.3, 0.4) is 0 Å². The molecule has 4 heteroatoms. The Labute approximate surface area is 66.2 Å². The van der Waals surface area contributed by atoms with Crippen molar-refractivity contribution >= 4 is 6.09 Å². The van der Waals surface area contributed by atoms with Gasteiger partial charge in [-0.05, 0) is 25.4 Å². The van der Waals surface area contributed by atoms with E-state index in [0.717, 1.165) is 19.5 Å². The Hall–Kier alpha value is -0.770. The highest BCUT2D eigenvalue weighted by Gasteiger charge is 2.17. The fraction of sp³-hybridized carbons (Fsp3) is 0.857. The van der Waals surface area contributed by atoms with Gasteiger partial charge in [-0.3, -0.25) is 0 Å². The number of hydrogen-bond acceptors (Lipinski definition) is 2. The highest BCUT2D eigenvalue weighted by Crippen LogP contribution is 2.08. The molecule has 0 spiro atoms. The van der Waals surface area contributed by atoms with Gasteiger partial charge in [-0.15, -0.1) is 0 Å². The average molecular weight is 158 g/mol. The summed E-state index contributed by atoms with van der Waals surface area (Å²) < 4.78 is 0. The molecular formula is C7H14N2O2. The van der Waals surface area contributed by atoms with E-state index in [1.54, 1.807) is 7.05 Å². The van der Waals surface area contributed by atoms with E-state index in [9.17, 15) is 4.79 Å². The third-order valence-corrected chi connectivity index (χ3v) is 2.02. The molecule has 4 nitrogen and oxygen atoms in total. The molecule has 2 N–H and O–H groups in total. The molecular weight excluding hydrogens is 144 g/mol. The Morgan fingerprint density at radius 2 is 2.55 bits per heavy atom. The zero-order valence-electron chi connectivity index (χ0n) is 6.71. The number of hydrogen-bond donors (Lipinski definition) is 2. The van der Waals surface area contributed by atoms with Crippen molar-refractivity contribution in [1.29, 1.82) is 0 Å². The van der Waals surface area contributed by atoms with Crippen LogP contribution in [0.1, 0.15) is 6.42 Å². The fourth-order valence-electron chi connectivity index (χ4n) is 1.34. The Kier molecular flexibility index (Phi) is 2.70. The third kappa shape index (κ3) is 2.38. The predicted octanol–water partition coefficient (Wildman–Crippen LogP) is 0.206. The Morgan fingerprint density at radius 1 is 1.82 bits per heavy atom. The topological polar surface area (TPSA) is 52.6 Å². The lowest BCUT2D eigenvalue weighted by molar-refractivity contribution is 0.150. The minimum Gasteiger partial charge on any atom is -0.465 e. The van der Waals surface area contributed by atoms with Gasteiger partial charge in [0.15, 0.2) is 0 Å². The van der Waals surface area contributed by atoms with Gasteiger partial charge in [-0.2, -0.15) is 0 Å². The maximum Gasteiger partial charge on any atom is 0.407 e. The SMILES string of the molecule is CN(C[C@H]1CCNC1)C(=O)O. The second-order valence-corrected chi connectivity index (χ2v) is 3.02. The Balaban J connectivity index is 2.23. The Bertz CT molecular complexity index is 143. The maximum atomic E-state index is 10.4. The van der Waals surface area contributed by atoms with E-state index in [1.807, 2.05) is 0 Å². The first kappa shape index (κ1) is 8.33. The first-order chi connectivity index (χ1) is 5.20. The van der Waals surface area contributed by atoms with E-state index in [2.05, 4.69) is 5.32 Å². The first-order valence-corrected chi connectivity index (χ1v) is 3.85. The summed E-state index contributed by atoms with van der Waals surface area (Å²) in [5.74, 6) is 0.510. The van der Waals surface area contributed by atoms with Crippen molar-refractivity contribution in [3.05, 3.63) is 0 Å². The largest absolute Gasteiger partial charge is 0.465 e. The molecule has 0 aliphatic carbocycles. The molecule has 1 rings (SSSR count). The van der Waals surface area contributed by atoms with Crippen LogP contribution in [0.15, 0.2) is 0 Å². The summed E-state index contributed by atoms with van der Waals surface area (Å²) in [6, 6.07) is 0. The van der Waals surface area contributed by atoms with Gasteiger partial charge in [0.1, 0.15) is 0 Å². The van der Waals surface area contributed by atoms with E-state index in [-0.39, 0.29) is 0 Å². The van der Waals surface area contributed by atoms with Crippen LogP contribution >= 0.6 is 0 Å². The monoisotopic (exact) mass is 158 g/mol. The molecule has 0 saturated carbocycles. The third-order valence-electron chi connectivity index (χ3n) is 2.02. The van der Waals surface area contributed by atoms with Gasteiger partial charge in [-0.25, -0.2) is 4.79 Å². The normalized spacial score (nSPS) is 23.5. The number of nitrogens with one attached hydrogen (secondary N) is 1. The van der Waals surface area contributed by atoms with Crippen LogP contribution in [-0.4, -0.2) is 42.8 Å². The number of carboxylic acid groups (broad SMARTS) is 1. The fourth-order valence-corrected chi connectivity index (χ4v) is 1.34. The minimum absolute atomic E-state index is 0.510. The van der Waals surface area contributed by atoms with Gasteiger partial charge >= 0.3 is 6.09 Å². The number of carbonyl (C=O) groups is 1. The zero-order chi connectivity index (χ0) is 8.27. The molecule has 0 aromatic heterocycles. The highest BCUT2D eigenvalue weighted by molar-refractivity contribution is 5.64. The quantitative estimate of drug-likeness (QED) is 0.604. The lowest BCUT2D eigenvalue weighted by Crippen LogP contribution is -2.31. The van der Waals surface area contributed by atoms with Gasteiger partial charge in [0.2, 0.25) is 0 Å². The molecule has 0 radical (unpaired) electrons. The molecule has 1 aliphatic heterocycles. The van der Waals surface area contributed by atoms with Crippen LogP contribution in [0.2, 0.25) is 0 Å². The molecule has 0 aromatic carbocycles. The number of amides is 1. The summed E-state index contributed by atoms with van der Waals surface area (Å²) in [6.45, 7) is 2.64. The highest BCUT2D eigenvalue weighted by atomic mass is 16.4. The lowest BCUT2D eigenvalue weighted by atomic mass is 10.1. The minimum atomic E-state index is -0.836. The summed E-state index contributed by atoms with van der Waals surface area (Å²) in [6.07, 6.45) is 0.259. The Morgan fingerprint density at radius 3 is 3.00 bits per heavy atom. The smallest absolute Gasteiger partial charge is 0.407 e. The zero-order valence-corrected chi connectivity index (χ0v) is 6.71. The summed E-state index contributed by atoms with van der Waals surface area (Å²) in [4.78, 5) is 11.7. The van der Waals surface area contributed by atoms with Crippen LogP contribution < -0.4 is 5.32 Å². The molecule has 11 heavy (non-hydrogen) atoms. The van der Waals surface area contributed by atoms with Crippen LogP contribution in [-0.2, 0) is 0 Å². The van der Waals surface area contributed by atoms with Gasteiger partial charge < -0.3 is 15.3 Å². The molecule has 1 atom stereocenters. The van der Waals surface area contributed by atoms with Gasteiger partial charge in [0.25, 0.3) is 0 Å². The molecule has 1 amide bonds. The number of nitrogens with zero attached hydrogens (tertiary/aromatic N) is 1. The predicted molar refractivity (Wildman–Crippen MR) is 41.6 cm³/mol. The van der Waals surface area contributed by atoms with Crippen molar-refractivity contribution in [2.24, 2.45) is 5.92 Å². The molecule has 64 valence electrons. The maximum absolute atomic E-state index is 10.4. The van der Waals surface area contributed by atoms with Crippen LogP contribution in [0.25, 0.3) is 0 Å². The first-order valence-electron chi connectivity index (χ1n) is 3.85. The van der Waals surface area contributed by atoms with Crippen molar-refractivity contribution in [3.63, 3.8) is 0 Å². The molecule has 1 aliphatic rings. The molecule has 1 saturated heterocycles. The number of rotatable bonds is 2. The van der Waals surface area contributed by atoms with Crippen molar-refractivity contribution in [3.8, 4) is 0 Å². The summed E-state index contributed by atoms with van der Waals surface area (Å²) in [7, 11) is 1.61. The molecule has 1 fully saturated rings. The van der Waals surface area contributed by atoms with E-state index >= 15 is 0 Å². The van der Waals surface area contributed by atoms with Gasteiger partial charge in [0.05, 0.1) is 0 Å². The second-order valence-electron chi connectivity index (χ2n) is 3.02. The van der Waals surface area contributed by atoms with E-state index < -0.39 is 6.09 Å². The molecule has 0 aromatic rings. The standard InChI is InChI=1S/C7H14N2O2/c1-9(7(10)11)5-6-2-3-8-4-6/h6,8H,2-5H2,1H3,(H,10,11)/t6-/m0/s1. The molecule has 1 heterocycles. The summed E-state index contributed by atoms with van der Waals surface area (Å²) in [5, 5.41) is 11.7. The van der Waals surface area contributed by atoms with Crippen molar-refractivity contribution in [2.45, 2.75) is 6.42 Å². The van der Waals surface area contributed by atoms with Crippen molar-refractivity contribution in [1.82, 2.24) is 10.2 Å².